The molecule has 0 saturated carbocycles. The molecule has 1 aromatic carbocycles. The molecular formula is C14H25N3O3S. The van der Waals surface area contributed by atoms with Crippen LogP contribution < -0.4 is 17.2 Å². The van der Waals surface area contributed by atoms with Crippen molar-refractivity contribution in [2.24, 2.45) is 5.73 Å². The Morgan fingerprint density at radius 3 is 2.05 bits per heavy atom. The van der Waals surface area contributed by atoms with Crippen LogP contribution in [-0.4, -0.2) is 51.9 Å². The fourth-order valence-electron chi connectivity index (χ4n) is 1.49. The Kier molecular flexibility index (Phi) is 10.0. The summed E-state index contributed by atoms with van der Waals surface area (Å²) >= 11 is 1.69. The second-order valence-electron chi connectivity index (χ2n) is 4.26. The van der Waals surface area contributed by atoms with Gasteiger partial charge >= 0.3 is 0 Å². The van der Waals surface area contributed by atoms with Crippen molar-refractivity contribution < 1.29 is 14.2 Å². The Hall–Kier alpha value is -0.990. The second kappa shape index (κ2) is 11.6. The quantitative estimate of drug-likeness (QED) is 0.299. The average molecular weight is 315 g/mol. The van der Waals surface area contributed by atoms with E-state index < -0.39 is 0 Å². The van der Waals surface area contributed by atoms with E-state index in [0.29, 0.717) is 57.6 Å². The molecule has 0 aliphatic carbocycles. The summed E-state index contributed by atoms with van der Waals surface area (Å²) in [7, 11) is 0. The maximum atomic E-state index is 5.75. The average Bonchev–Trinajstić information content (AvgIpc) is 2.48. The van der Waals surface area contributed by atoms with Gasteiger partial charge in [0.1, 0.15) is 0 Å². The summed E-state index contributed by atoms with van der Waals surface area (Å²) in [5, 5.41) is 0. The highest BCUT2D eigenvalue weighted by molar-refractivity contribution is 7.99. The van der Waals surface area contributed by atoms with Crippen molar-refractivity contribution in [2.45, 2.75) is 4.90 Å². The third-order valence-corrected chi connectivity index (χ3v) is 3.52. The first kappa shape index (κ1) is 18.1. The van der Waals surface area contributed by atoms with Crippen molar-refractivity contribution in [3.63, 3.8) is 0 Å². The van der Waals surface area contributed by atoms with Crippen LogP contribution in [0.1, 0.15) is 0 Å². The summed E-state index contributed by atoms with van der Waals surface area (Å²) in [6.07, 6.45) is 0. The van der Waals surface area contributed by atoms with E-state index in [1.165, 1.54) is 0 Å². The molecule has 0 radical (unpaired) electrons. The smallest absolute Gasteiger partial charge is 0.0701 e. The third-order valence-electron chi connectivity index (χ3n) is 2.56. The molecule has 1 aromatic rings. The Balaban J connectivity index is 1.91. The van der Waals surface area contributed by atoms with Crippen LogP contribution in [-0.2, 0) is 14.2 Å². The summed E-state index contributed by atoms with van der Waals surface area (Å²) in [6.45, 7) is 4.09. The first-order valence-corrected chi connectivity index (χ1v) is 7.93. The summed E-state index contributed by atoms with van der Waals surface area (Å²) < 4.78 is 16.0. The van der Waals surface area contributed by atoms with E-state index in [1.54, 1.807) is 11.8 Å². The molecule has 0 unspecified atom stereocenters. The zero-order chi connectivity index (χ0) is 15.3. The predicted molar refractivity (Wildman–Crippen MR) is 87.5 cm³/mol. The number of anilines is 2. The first-order valence-electron chi connectivity index (χ1n) is 6.95. The number of thioether (sulfide) groups is 1. The van der Waals surface area contributed by atoms with Gasteiger partial charge in [-0.1, -0.05) is 0 Å². The maximum Gasteiger partial charge on any atom is 0.0701 e. The minimum Gasteiger partial charge on any atom is -0.397 e. The van der Waals surface area contributed by atoms with Gasteiger partial charge in [0, 0.05) is 17.2 Å². The predicted octanol–water partition coefficient (Wildman–Crippen LogP) is 0.952. The van der Waals surface area contributed by atoms with Crippen LogP contribution in [0.4, 0.5) is 11.4 Å². The lowest BCUT2D eigenvalue weighted by Gasteiger charge is -2.07. The Morgan fingerprint density at radius 2 is 1.43 bits per heavy atom. The van der Waals surface area contributed by atoms with Crippen molar-refractivity contribution >= 4 is 23.1 Å². The van der Waals surface area contributed by atoms with Crippen molar-refractivity contribution in [3.8, 4) is 0 Å². The molecule has 7 heteroatoms. The molecule has 21 heavy (non-hydrogen) atoms. The number of nitrogen functional groups attached to an aromatic ring is 2. The van der Waals surface area contributed by atoms with Crippen molar-refractivity contribution in [1.29, 1.82) is 0 Å². The van der Waals surface area contributed by atoms with Gasteiger partial charge in [0.05, 0.1) is 51.0 Å². The molecule has 0 amide bonds. The van der Waals surface area contributed by atoms with E-state index in [2.05, 4.69) is 0 Å². The summed E-state index contributed by atoms with van der Waals surface area (Å²) in [5.74, 6) is 0.864. The van der Waals surface area contributed by atoms with E-state index >= 15 is 0 Å². The SMILES string of the molecule is NCCOCCOCCOCCSc1ccc(N)c(N)c1. The van der Waals surface area contributed by atoms with Gasteiger partial charge in [0.25, 0.3) is 0 Å². The second-order valence-corrected chi connectivity index (χ2v) is 5.43. The Morgan fingerprint density at radius 1 is 0.810 bits per heavy atom. The van der Waals surface area contributed by atoms with Crippen LogP contribution in [0, 0.1) is 0 Å². The molecule has 6 nitrogen and oxygen atoms in total. The molecule has 0 spiro atoms. The van der Waals surface area contributed by atoms with Gasteiger partial charge in [-0.2, -0.15) is 0 Å². The number of nitrogens with two attached hydrogens (primary N) is 3. The summed E-state index contributed by atoms with van der Waals surface area (Å²) in [6, 6.07) is 5.66. The molecule has 1 rings (SSSR count). The van der Waals surface area contributed by atoms with Gasteiger partial charge in [0.15, 0.2) is 0 Å². The van der Waals surface area contributed by atoms with E-state index in [9.17, 15) is 0 Å². The largest absolute Gasteiger partial charge is 0.397 e. The van der Waals surface area contributed by atoms with E-state index in [4.69, 9.17) is 31.4 Å². The number of ether oxygens (including phenoxy) is 3. The Labute approximate surface area is 130 Å². The van der Waals surface area contributed by atoms with Crippen molar-refractivity contribution in [1.82, 2.24) is 0 Å². The van der Waals surface area contributed by atoms with Gasteiger partial charge < -0.3 is 31.4 Å². The lowest BCUT2D eigenvalue weighted by Crippen LogP contribution is -2.13. The number of benzene rings is 1. The molecule has 0 atom stereocenters. The molecule has 0 aromatic heterocycles. The van der Waals surface area contributed by atoms with Crippen LogP contribution in [0.2, 0.25) is 0 Å². The zero-order valence-corrected chi connectivity index (χ0v) is 13.1. The zero-order valence-electron chi connectivity index (χ0n) is 12.3. The molecule has 0 heterocycles. The van der Waals surface area contributed by atoms with Crippen LogP contribution >= 0.6 is 11.8 Å². The molecule has 0 saturated heterocycles. The number of rotatable bonds is 12. The third kappa shape index (κ3) is 8.79. The monoisotopic (exact) mass is 315 g/mol. The number of hydrogen-bond donors (Lipinski definition) is 3. The molecule has 0 fully saturated rings. The van der Waals surface area contributed by atoms with Crippen LogP contribution in [0.15, 0.2) is 23.1 Å². The van der Waals surface area contributed by atoms with Crippen LogP contribution in [0.25, 0.3) is 0 Å². The van der Waals surface area contributed by atoms with Crippen molar-refractivity contribution in [2.75, 3.05) is 63.4 Å². The highest BCUT2D eigenvalue weighted by Crippen LogP contribution is 2.24. The lowest BCUT2D eigenvalue weighted by atomic mass is 10.3. The van der Waals surface area contributed by atoms with Gasteiger partial charge in [-0.3, -0.25) is 0 Å². The highest BCUT2D eigenvalue weighted by Gasteiger charge is 1.98. The van der Waals surface area contributed by atoms with E-state index in [-0.39, 0.29) is 0 Å². The van der Waals surface area contributed by atoms with E-state index in [1.807, 2.05) is 18.2 Å². The van der Waals surface area contributed by atoms with Crippen molar-refractivity contribution in [3.05, 3.63) is 18.2 Å². The fraction of sp³-hybridized carbons (Fsp3) is 0.571. The highest BCUT2D eigenvalue weighted by atomic mass is 32.2. The maximum absolute atomic E-state index is 5.75. The normalized spacial score (nSPS) is 10.9. The molecule has 0 aliphatic heterocycles. The summed E-state index contributed by atoms with van der Waals surface area (Å²) in [4.78, 5) is 1.10. The Bertz CT molecular complexity index is 394. The van der Waals surface area contributed by atoms with Gasteiger partial charge in [-0.15, -0.1) is 11.8 Å². The number of hydrogen-bond acceptors (Lipinski definition) is 7. The minimum atomic E-state index is 0.542. The van der Waals surface area contributed by atoms with Gasteiger partial charge in [-0.05, 0) is 18.2 Å². The van der Waals surface area contributed by atoms with E-state index in [0.717, 1.165) is 10.6 Å². The minimum absolute atomic E-state index is 0.542. The summed E-state index contributed by atoms with van der Waals surface area (Å²) in [5.41, 5.74) is 17.9. The molecule has 0 bridgehead atoms. The first-order chi connectivity index (χ1) is 10.2. The lowest BCUT2D eigenvalue weighted by molar-refractivity contribution is 0.0190. The van der Waals surface area contributed by atoms with Gasteiger partial charge in [0.2, 0.25) is 0 Å². The standard InChI is InChI=1S/C14H25N3O3S/c15-3-4-18-5-6-19-7-8-20-9-10-21-12-1-2-13(16)14(17)11-12/h1-2,11H,3-10,15-17H2. The topological polar surface area (TPSA) is 106 Å². The fourth-order valence-corrected chi connectivity index (χ4v) is 2.30. The van der Waals surface area contributed by atoms with Gasteiger partial charge in [-0.25, -0.2) is 0 Å². The molecule has 6 N–H and O–H groups in total. The van der Waals surface area contributed by atoms with Crippen LogP contribution in [0.5, 0.6) is 0 Å². The molecule has 0 aliphatic rings. The molecular weight excluding hydrogens is 290 g/mol. The molecule has 120 valence electrons. The van der Waals surface area contributed by atoms with Crippen LogP contribution in [0.3, 0.4) is 0 Å².